The van der Waals surface area contributed by atoms with Gasteiger partial charge in [-0.15, -0.1) is 0 Å². The molecule has 0 aliphatic heterocycles. The van der Waals surface area contributed by atoms with Gasteiger partial charge < -0.3 is 9.30 Å². The summed E-state index contributed by atoms with van der Waals surface area (Å²) >= 11 is 0. The van der Waals surface area contributed by atoms with E-state index >= 15 is 0 Å². The topological polar surface area (TPSA) is 67.9 Å². The number of hydrogen-bond acceptors (Lipinski definition) is 4. The number of esters is 1. The Morgan fingerprint density at radius 1 is 1.33 bits per heavy atom. The van der Waals surface area contributed by atoms with Crippen molar-refractivity contribution in [1.82, 2.24) is 9.55 Å². The molecule has 0 atom stereocenters. The van der Waals surface area contributed by atoms with E-state index in [4.69, 9.17) is 4.74 Å². The highest BCUT2D eigenvalue weighted by molar-refractivity contribution is 5.94. The van der Waals surface area contributed by atoms with Gasteiger partial charge in [-0.05, 0) is 25.0 Å². The Morgan fingerprint density at radius 2 is 2.12 bits per heavy atom. The van der Waals surface area contributed by atoms with Crippen LogP contribution in [0.3, 0.4) is 0 Å². The van der Waals surface area contributed by atoms with Crippen molar-refractivity contribution in [2.75, 3.05) is 6.61 Å². The molecule has 0 N–H and O–H groups in total. The van der Waals surface area contributed by atoms with Gasteiger partial charge in [0, 0.05) is 24.3 Å². The minimum Gasteiger partial charge on any atom is -0.462 e. The summed E-state index contributed by atoms with van der Waals surface area (Å²) in [6.45, 7) is 2.78. The van der Waals surface area contributed by atoms with E-state index in [9.17, 15) is 10.1 Å². The smallest absolute Gasteiger partial charge is 0.339 e. The summed E-state index contributed by atoms with van der Waals surface area (Å²) in [6.07, 6.45) is 4.13. The molecule has 0 unspecified atom stereocenters. The van der Waals surface area contributed by atoms with E-state index in [0.29, 0.717) is 35.3 Å². The van der Waals surface area contributed by atoms with Crippen LogP contribution in [-0.4, -0.2) is 22.1 Å². The maximum Gasteiger partial charge on any atom is 0.339 e. The van der Waals surface area contributed by atoms with Gasteiger partial charge in [0.05, 0.1) is 17.7 Å². The van der Waals surface area contributed by atoms with Gasteiger partial charge in [0.25, 0.3) is 0 Å². The van der Waals surface area contributed by atoms with Crippen LogP contribution in [-0.2, 0) is 17.7 Å². The number of fused-ring (bicyclic) bond motifs is 1. The maximum atomic E-state index is 11.9. The number of hydrogen-bond donors (Lipinski definition) is 0. The van der Waals surface area contributed by atoms with Crippen LogP contribution in [0.4, 0.5) is 0 Å². The van der Waals surface area contributed by atoms with Crippen molar-refractivity contribution < 1.29 is 9.53 Å². The number of carbonyl (C=O) groups excluding carboxylic acids is 1. The lowest BCUT2D eigenvalue weighted by atomic mass is 10.1. The molecule has 1 aromatic carbocycles. The lowest BCUT2D eigenvalue weighted by Crippen LogP contribution is -2.06. The Morgan fingerprint density at radius 3 is 2.83 bits per heavy atom. The van der Waals surface area contributed by atoms with Crippen LogP contribution < -0.4 is 0 Å². The van der Waals surface area contributed by atoms with E-state index in [1.165, 1.54) is 11.8 Å². The first-order chi connectivity index (χ1) is 11.7. The Hall–Kier alpha value is -3.13. The summed E-state index contributed by atoms with van der Waals surface area (Å²) in [5.41, 5.74) is 2.80. The number of benzene rings is 1. The van der Waals surface area contributed by atoms with Gasteiger partial charge in [0.1, 0.15) is 11.7 Å². The molecule has 0 fully saturated rings. The first kappa shape index (κ1) is 15.8. The maximum absolute atomic E-state index is 11.9. The first-order valence-corrected chi connectivity index (χ1v) is 7.83. The molecule has 5 nitrogen and oxygen atoms in total. The highest BCUT2D eigenvalue weighted by atomic mass is 16.5. The van der Waals surface area contributed by atoms with Crippen molar-refractivity contribution in [2.24, 2.45) is 0 Å². The number of aromatic nitrogens is 2. The highest BCUT2D eigenvalue weighted by Gasteiger charge is 2.14. The predicted molar refractivity (Wildman–Crippen MR) is 90.6 cm³/mol. The van der Waals surface area contributed by atoms with Crippen LogP contribution in [0.5, 0.6) is 0 Å². The molecule has 2 aromatic heterocycles. The third-order valence-corrected chi connectivity index (χ3v) is 3.83. The number of nitriles is 1. The fourth-order valence-corrected chi connectivity index (χ4v) is 2.65. The molecule has 0 saturated heterocycles. The summed E-state index contributed by atoms with van der Waals surface area (Å²) in [5.74, 6) is -0.423. The van der Waals surface area contributed by atoms with Crippen LogP contribution in [0.2, 0.25) is 0 Å². The van der Waals surface area contributed by atoms with Crippen LogP contribution >= 0.6 is 0 Å². The third-order valence-electron chi connectivity index (χ3n) is 3.83. The molecular weight excluding hydrogens is 302 g/mol. The number of ether oxygens (including phenoxy) is 1. The number of aryl methyl sites for hydroxylation is 2. The molecule has 0 saturated carbocycles. The standard InChI is InChI=1S/C19H17N3O2/c1-2-24-19(23)15-10-17-16(11-20)13-22(18(17)21-12-15)9-8-14-6-4-3-5-7-14/h3-7,10,12-13H,2,8-9H2,1H3. The van der Waals surface area contributed by atoms with E-state index in [1.54, 1.807) is 19.2 Å². The zero-order valence-corrected chi connectivity index (χ0v) is 13.4. The zero-order chi connectivity index (χ0) is 16.9. The minimum absolute atomic E-state index is 0.306. The predicted octanol–water partition coefficient (Wildman–Crippen LogP) is 3.33. The second-order valence-electron chi connectivity index (χ2n) is 5.40. The Balaban J connectivity index is 1.92. The molecule has 120 valence electrons. The SMILES string of the molecule is CCOC(=O)c1cnc2c(c1)c(C#N)cn2CCc1ccccc1. The summed E-state index contributed by atoms with van der Waals surface area (Å²) in [5, 5.41) is 10.0. The van der Waals surface area contributed by atoms with Crippen molar-refractivity contribution in [1.29, 1.82) is 5.26 Å². The van der Waals surface area contributed by atoms with Crippen molar-refractivity contribution in [3.05, 3.63) is 65.5 Å². The Bertz CT molecular complexity index is 908. The molecule has 0 aliphatic rings. The molecule has 0 spiro atoms. The van der Waals surface area contributed by atoms with Gasteiger partial charge in [0.15, 0.2) is 0 Å². The summed E-state index contributed by atoms with van der Waals surface area (Å²) in [6, 6.07) is 14.0. The molecule has 0 aliphatic carbocycles. The van der Waals surface area contributed by atoms with Gasteiger partial charge in [-0.25, -0.2) is 9.78 Å². The molecule has 5 heteroatoms. The summed E-state index contributed by atoms with van der Waals surface area (Å²) in [7, 11) is 0. The van der Waals surface area contributed by atoms with Gasteiger partial charge in [-0.1, -0.05) is 30.3 Å². The van der Waals surface area contributed by atoms with Crippen LogP contribution in [0, 0.1) is 11.3 Å². The van der Waals surface area contributed by atoms with E-state index in [2.05, 4.69) is 23.2 Å². The fraction of sp³-hybridized carbons (Fsp3) is 0.211. The van der Waals surface area contributed by atoms with Gasteiger partial charge in [-0.2, -0.15) is 5.26 Å². The largest absolute Gasteiger partial charge is 0.462 e. The fourth-order valence-electron chi connectivity index (χ4n) is 2.65. The monoisotopic (exact) mass is 319 g/mol. The van der Waals surface area contributed by atoms with E-state index in [0.717, 1.165) is 6.42 Å². The third kappa shape index (κ3) is 3.13. The van der Waals surface area contributed by atoms with Crippen molar-refractivity contribution >= 4 is 17.0 Å². The van der Waals surface area contributed by atoms with Crippen molar-refractivity contribution in [3.8, 4) is 6.07 Å². The molecule has 0 radical (unpaired) electrons. The van der Waals surface area contributed by atoms with Gasteiger partial charge >= 0.3 is 5.97 Å². The first-order valence-electron chi connectivity index (χ1n) is 7.83. The van der Waals surface area contributed by atoms with Crippen molar-refractivity contribution in [3.63, 3.8) is 0 Å². The number of nitrogens with zero attached hydrogens (tertiary/aromatic N) is 3. The molecule has 3 aromatic rings. The highest BCUT2D eigenvalue weighted by Crippen LogP contribution is 2.21. The van der Waals surface area contributed by atoms with E-state index in [-0.39, 0.29) is 0 Å². The van der Waals surface area contributed by atoms with Gasteiger partial charge in [-0.3, -0.25) is 0 Å². The number of pyridine rings is 1. The minimum atomic E-state index is -0.423. The van der Waals surface area contributed by atoms with Crippen molar-refractivity contribution in [2.45, 2.75) is 19.9 Å². The molecule has 2 heterocycles. The Kier molecular flexibility index (Phi) is 4.57. The average molecular weight is 319 g/mol. The van der Waals surface area contributed by atoms with E-state index < -0.39 is 5.97 Å². The molecule has 0 bridgehead atoms. The second-order valence-corrected chi connectivity index (χ2v) is 5.40. The molecular formula is C19H17N3O2. The van der Waals surface area contributed by atoms with Gasteiger partial charge in [0.2, 0.25) is 0 Å². The summed E-state index contributed by atoms with van der Waals surface area (Å²) in [4.78, 5) is 16.2. The number of rotatable bonds is 5. The van der Waals surface area contributed by atoms with Crippen LogP contribution in [0.15, 0.2) is 48.8 Å². The molecule has 24 heavy (non-hydrogen) atoms. The number of carbonyl (C=O) groups is 1. The average Bonchev–Trinajstić information content (AvgIpc) is 2.98. The van der Waals surface area contributed by atoms with Crippen LogP contribution in [0.1, 0.15) is 28.4 Å². The van der Waals surface area contributed by atoms with Crippen LogP contribution in [0.25, 0.3) is 11.0 Å². The normalized spacial score (nSPS) is 10.5. The lowest BCUT2D eigenvalue weighted by molar-refractivity contribution is 0.0526. The Labute approximate surface area is 140 Å². The zero-order valence-electron chi connectivity index (χ0n) is 13.4. The second kappa shape index (κ2) is 6.97. The van der Waals surface area contributed by atoms with E-state index in [1.807, 2.05) is 22.8 Å². The molecule has 0 amide bonds. The quantitative estimate of drug-likeness (QED) is 0.677. The summed E-state index contributed by atoms with van der Waals surface area (Å²) < 4.78 is 6.95. The molecule has 3 rings (SSSR count). The lowest BCUT2D eigenvalue weighted by Gasteiger charge is -2.06.